The highest BCUT2D eigenvalue weighted by Crippen LogP contribution is 2.26. The molecule has 0 bridgehead atoms. The molecule has 1 aliphatic rings. The number of esters is 1. The van der Waals surface area contributed by atoms with Gasteiger partial charge in [0.15, 0.2) is 0 Å². The summed E-state index contributed by atoms with van der Waals surface area (Å²) in [4.78, 5) is 26.3. The van der Waals surface area contributed by atoms with Gasteiger partial charge in [-0.25, -0.2) is 22.7 Å². The molecule has 1 fully saturated rings. The molecule has 0 radical (unpaired) electrons. The Bertz CT molecular complexity index is 1080. The first-order chi connectivity index (χ1) is 14.2. The lowest BCUT2D eigenvalue weighted by Crippen LogP contribution is -2.37. The SMILES string of the molecule is COC(=O)c1cc(NC(=O)c2cc(S(N)(=O)=O)ccc2N2CCOCC2)ccc1F. The van der Waals surface area contributed by atoms with Crippen LogP contribution in [0.15, 0.2) is 41.3 Å². The predicted molar refractivity (Wildman–Crippen MR) is 107 cm³/mol. The second-order valence-corrected chi connectivity index (χ2v) is 8.03. The summed E-state index contributed by atoms with van der Waals surface area (Å²) in [6.07, 6.45) is 0. The third kappa shape index (κ3) is 4.75. The fraction of sp³-hybridized carbons (Fsp3) is 0.263. The van der Waals surface area contributed by atoms with E-state index < -0.39 is 27.7 Å². The minimum Gasteiger partial charge on any atom is -0.465 e. The topological polar surface area (TPSA) is 128 Å². The number of hydrogen-bond acceptors (Lipinski definition) is 7. The van der Waals surface area contributed by atoms with Gasteiger partial charge in [-0.2, -0.15) is 0 Å². The third-order valence-corrected chi connectivity index (χ3v) is 5.43. The van der Waals surface area contributed by atoms with Gasteiger partial charge in [0.25, 0.3) is 5.91 Å². The molecule has 1 saturated heterocycles. The van der Waals surface area contributed by atoms with Gasteiger partial charge in [0, 0.05) is 24.5 Å². The second kappa shape index (κ2) is 8.78. The summed E-state index contributed by atoms with van der Waals surface area (Å²) in [5, 5.41) is 7.76. The zero-order valence-electron chi connectivity index (χ0n) is 16.1. The van der Waals surface area contributed by atoms with Crippen molar-refractivity contribution in [2.24, 2.45) is 5.14 Å². The molecule has 3 N–H and O–H groups in total. The molecule has 0 spiro atoms. The molecule has 1 aliphatic heterocycles. The van der Waals surface area contributed by atoms with Gasteiger partial charge in [0.2, 0.25) is 10.0 Å². The van der Waals surface area contributed by atoms with Gasteiger partial charge in [-0.1, -0.05) is 0 Å². The van der Waals surface area contributed by atoms with Crippen molar-refractivity contribution < 1.29 is 31.9 Å². The fourth-order valence-electron chi connectivity index (χ4n) is 3.02. The Balaban J connectivity index is 1.98. The lowest BCUT2D eigenvalue weighted by molar-refractivity contribution is 0.0595. The van der Waals surface area contributed by atoms with E-state index in [2.05, 4.69) is 10.1 Å². The standard InChI is InChI=1S/C19H20FN3O6S/c1-28-19(25)14-10-12(2-4-16(14)20)22-18(24)15-11-13(30(21,26)27)3-5-17(15)23-6-8-29-9-7-23/h2-5,10-11H,6-9H2,1H3,(H,22,24)(H2,21,26,27). The molecule has 0 unspecified atom stereocenters. The summed E-state index contributed by atoms with van der Waals surface area (Å²) in [6, 6.07) is 7.44. The summed E-state index contributed by atoms with van der Waals surface area (Å²) < 4.78 is 47.2. The maximum absolute atomic E-state index is 13.8. The smallest absolute Gasteiger partial charge is 0.340 e. The molecule has 0 saturated carbocycles. The Labute approximate surface area is 172 Å². The van der Waals surface area contributed by atoms with Crippen molar-refractivity contribution in [1.82, 2.24) is 0 Å². The second-order valence-electron chi connectivity index (χ2n) is 6.46. The molecule has 0 aliphatic carbocycles. The van der Waals surface area contributed by atoms with Gasteiger partial charge < -0.3 is 19.7 Å². The van der Waals surface area contributed by atoms with Crippen LogP contribution in [0.2, 0.25) is 0 Å². The number of carbonyl (C=O) groups is 2. The highest BCUT2D eigenvalue weighted by Gasteiger charge is 2.22. The number of ether oxygens (including phenoxy) is 2. The van der Waals surface area contributed by atoms with Gasteiger partial charge in [-0.3, -0.25) is 4.79 Å². The number of amides is 1. The molecule has 1 amide bonds. The zero-order valence-corrected chi connectivity index (χ0v) is 16.9. The molecule has 30 heavy (non-hydrogen) atoms. The van der Waals surface area contributed by atoms with E-state index in [9.17, 15) is 22.4 Å². The van der Waals surface area contributed by atoms with E-state index in [0.29, 0.717) is 32.0 Å². The van der Waals surface area contributed by atoms with Gasteiger partial charge >= 0.3 is 5.97 Å². The molecule has 0 aromatic heterocycles. The van der Waals surface area contributed by atoms with E-state index in [4.69, 9.17) is 9.88 Å². The van der Waals surface area contributed by atoms with Gasteiger partial charge in [-0.15, -0.1) is 0 Å². The average molecular weight is 437 g/mol. The Morgan fingerprint density at radius 3 is 2.47 bits per heavy atom. The van der Waals surface area contributed by atoms with Gasteiger partial charge in [-0.05, 0) is 36.4 Å². The third-order valence-electron chi connectivity index (χ3n) is 4.52. The zero-order chi connectivity index (χ0) is 21.9. The maximum atomic E-state index is 13.8. The van der Waals surface area contributed by atoms with Crippen molar-refractivity contribution in [3.8, 4) is 0 Å². The number of nitrogens with one attached hydrogen (secondary N) is 1. The maximum Gasteiger partial charge on any atom is 0.340 e. The minimum absolute atomic E-state index is 0.0624. The number of methoxy groups -OCH3 is 1. The number of benzene rings is 2. The van der Waals surface area contributed by atoms with E-state index in [1.807, 2.05) is 4.90 Å². The van der Waals surface area contributed by atoms with Gasteiger partial charge in [0.1, 0.15) is 5.82 Å². The predicted octanol–water partition coefficient (Wildman–Crippen LogP) is 1.35. The molecule has 1 heterocycles. The number of carbonyl (C=O) groups excluding carboxylic acids is 2. The Kier molecular flexibility index (Phi) is 6.34. The molecule has 11 heteroatoms. The number of nitrogens with zero attached hydrogens (tertiary/aromatic N) is 1. The monoisotopic (exact) mass is 437 g/mol. The van der Waals surface area contributed by atoms with Crippen molar-refractivity contribution in [1.29, 1.82) is 0 Å². The highest BCUT2D eigenvalue weighted by molar-refractivity contribution is 7.89. The summed E-state index contributed by atoms with van der Waals surface area (Å²) in [5.74, 6) is -2.34. The number of hydrogen-bond donors (Lipinski definition) is 2. The summed E-state index contributed by atoms with van der Waals surface area (Å²) in [7, 11) is -2.93. The fourth-order valence-corrected chi connectivity index (χ4v) is 3.56. The lowest BCUT2D eigenvalue weighted by atomic mass is 10.1. The van der Waals surface area contributed by atoms with E-state index in [1.165, 1.54) is 24.3 Å². The van der Waals surface area contributed by atoms with Crippen LogP contribution < -0.4 is 15.4 Å². The van der Waals surface area contributed by atoms with Crippen LogP contribution in [0, 0.1) is 5.82 Å². The number of rotatable bonds is 5. The molecular weight excluding hydrogens is 417 g/mol. The summed E-state index contributed by atoms with van der Waals surface area (Å²) >= 11 is 0. The Morgan fingerprint density at radius 2 is 1.83 bits per heavy atom. The van der Waals surface area contributed by atoms with E-state index in [-0.39, 0.29) is 21.7 Å². The molecule has 160 valence electrons. The number of sulfonamides is 1. The van der Waals surface area contributed by atoms with Crippen LogP contribution in [0.3, 0.4) is 0 Å². The Hall–Kier alpha value is -3.02. The van der Waals surface area contributed by atoms with Crippen molar-refractivity contribution in [3.05, 3.63) is 53.3 Å². The Morgan fingerprint density at radius 1 is 1.13 bits per heavy atom. The first kappa shape index (κ1) is 21.7. The van der Waals surface area contributed by atoms with Crippen molar-refractivity contribution in [2.75, 3.05) is 43.6 Å². The van der Waals surface area contributed by atoms with Crippen molar-refractivity contribution >= 4 is 33.3 Å². The van der Waals surface area contributed by atoms with E-state index >= 15 is 0 Å². The first-order valence-electron chi connectivity index (χ1n) is 8.89. The molecular formula is C19H20FN3O6S. The van der Waals surface area contributed by atoms with Crippen LogP contribution in [0.1, 0.15) is 20.7 Å². The average Bonchev–Trinajstić information content (AvgIpc) is 2.74. The number of halogens is 1. The normalized spacial score (nSPS) is 14.3. The molecule has 2 aromatic rings. The highest BCUT2D eigenvalue weighted by atomic mass is 32.2. The van der Waals surface area contributed by atoms with Crippen LogP contribution in [0.5, 0.6) is 0 Å². The number of morpholine rings is 1. The van der Waals surface area contributed by atoms with Crippen molar-refractivity contribution in [2.45, 2.75) is 4.90 Å². The quantitative estimate of drug-likeness (QED) is 0.676. The lowest BCUT2D eigenvalue weighted by Gasteiger charge is -2.30. The molecule has 0 atom stereocenters. The molecule has 9 nitrogen and oxygen atoms in total. The number of nitrogens with two attached hydrogens (primary N) is 1. The van der Waals surface area contributed by atoms with Gasteiger partial charge in [0.05, 0.1) is 36.3 Å². The van der Waals surface area contributed by atoms with E-state index in [1.54, 1.807) is 0 Å². The van der Waals surface area contributed by atoms with Crippen LogP contribution in [0.25, 0.3) is 0 Å². The minimum atomic E-state index is -4.04. The first-order valence-corrected chi connectivity index (χ1v) is 10.4. The van der Waals surface area contributed by atoms with Crippen molar-refractivity contribution in [3.63, 3.8) is 0 Å². The molecule has 3 rings (SSSR count). The van der Waals surface area contributed by atoms with E-state index in [0.717, 1.165) is 19.2 Å². The number of primary sulfonamides is 1. The van der Waals surface area contributed by atoms with Crippen LogP contribution in [-0.2, 0) is 19.5 Å². The summed E-state index contributed by atoms with van der Waals surface area (Å²) in [5.41, 5.74) is 0.351. The number of anilines is 2. The van der Waals surface area contributed by atoms with Crippen LogP contribution in [-0.4, -0.2) is 53.7 Å². The van der Waals surface area contributed by atoms with Crippen LogP contribution in [0.4, 0.5) is 15.8 Å². The van der Waals surface area contributed by atoms with Crippen LogP contribution >= 0.6 is 0 Å². The largest absolute Gasteiger partial charge is 0.465 e. The summed E-state index contributed by atoms with van der Waals surface area (Å²) in [6.45, 7) is 1.94. The molecule has 2 aromatic carbocycles.